The average Bonchev–Trinajstić information content (AvgIpc) is 3.19. The normalized spacial score (nSPS) is 15.9. The molecule has 1 aliphatic rings. The summed E-state index contributed by atoms with van der Waals surface area (Å²) in [5, 5.41) is 10.1. The molecule has 0 radical (unpaired) electrons. The Hall–Kier alpha value is -2.80. The zero-order valence-corrected chi connectivity index (χ0v) is 14.2. The van der Waals surface area contributed by atoms with Gasteiger partial charge in [0.25, 0.3) is 0 Å². The van der Waals surface area contributed by atoms with Crippen LogP contribution in [0.25, 0.3) is 23.3 Å². The first-order valence-corrected chi connectivity index (χ1v) is 8.53. The maximum Gasteiger partial charge on any atom is 0.180 e. The molecule has 1 fully saturated rings. The van der Waals surface area contributed by atoms with E-state index in [2.05, 4.69) is 37.4 Å². The van der Waals surface area contributed by atoms with Crippen molar-refractivity contribution in [3.63, 3.8) is 0 Å². The lowest BCUT2D eigenvalue weighted by Crippen LogP contribution is -2.41. The fourth-order valence-electron chi connectivity index (χ4n) is 3.09. The standard InChI is InChI=1S/C18H21N7/c1-25(15-4-6-19-7-5-15)17-12-20-16-8-13(9-21-18(16)24-17)2-3-14-10-22-23-11-14/h2-3,8-12,15,19H,4-7H2,1H3,(H,22,23)/b3-2+. The molecule has 7 nitrogen and oxygen atoms in total. The van der Waals surface area contributed by atoms with E-state index in [0.717, 1.165) is 48.4 Å². The lowest BCUT2D eigenvalue weighted by Gasteiger charge is -2.32. The largest absolute Gasteiger partial charge is 0.355 e. The SMILES string of the molecule is CN(c1cnc2cc(/C=C/c3cn[nH]c3)cnc2n1)C1CCNCC1. The van der Waals surface area contributed by atoms with Gasteiger partial charge in [0.15, 0.2) is 5.65 Å². The fourth-order valence-corrected chi connectivity index (χ4v) is 3.09. The first-order valence-electron chi connectivity index (χ1n) is 8.53. The van der Waals surface area contributed by atoms with Crippen molar-refractivity contribution in [2.45, 2.75) is 18.9 Å². The van der Waals surface area contributed by atoms with Crippen LogP contribution in [0.15, 0.2) is 30.9 Å². The minimum atomic E-state index is 0.505. The minimum Gasteiger partial charge on any atom is -0.355 e. The van der Waals surface area contributed by atoms with E-state index in [4.69, 9.17) is 4.98 Å². The lowest BCUT2D eigenvalue weighted by atomic mass is 10.1. The average molecular weight is 335 g/mol. The molecule has 25 heavy (non-hydrogen) atoms. The van der Waals surface area contributed by atoms with Crippen LogP contribution in [0.5, 0.6) is 0 Å². The van der Waals surface area contributed by atoms with Crippen LogP contribution in [0, 0.1) is 0 Å². The number of rotatable bonds is 4. The van der Waals surface area contributed by atoms with E-state index in [9.17, 15) is 0 Å². The van der Waals surface area contributed by atoms with Crippen LogP contribution in [0.4, 0.5) is 5.82 Å². The highest BCUT2D eigenvalue weighted by Crippen LogP contribution is 2.20. The highest BCUT2D eigenvalue weighted by atomic mass is 15.2. The van der Waals surface area contributed by atoms with Gasteiger partial charge in [0, 0.05) is 31.0 Å². The number of anilines is 1. The number of aromatic amines is 1. The molecule has 0 saturated carbocycles. The summed E-state index contributed by atoms with van der Waals surface area (Å²) in [6, 6.07) is 2.51. The summed E-state index contributed by atoms with van der Waals surface area (Å²) in [7, 11) is 2.09. The number of hydrogen-bond donors (Lipinski definition) is 2. The molecular weight excluding hydrogens is 314 g/mol. The molecule has 128 valence electrons. The number of hydrogen-bond acceptors (Lipinski definition) is 6. The van der Waals surface area contributed by atoms with E-state index >= 15 is 0 Å². The summed E-state index contributed by atoms with van der Waals surface area (Å²) in [6.07, 6.45) is 13.5. The van der Waals surface area contributed by atoms with E-state index in [1.165, 1.54) is 0 Å². The van der Waals surface area contributed by atoms with Crippen LogP contribution in [0.1, 0.15) is 24.0 Å². The smallest absolute Gasteiger partial charge is 0.180 e. The summed E-state index contributed by atoms with van der Waals surface area (Å²) >= 11 is 0. The number of nitrogens with zero attached hydrogens (tertiary/aromatic N) is 5. The molecule has 0 atom stereocenters. The number of aromatic nitrogens is 5. The number of fused-ring (bicyclic) bond motifs is 1. The predicted molar refractivity (Wildman–Crippen MR) is 99.1 cm³/mol. The van der Waals surface area contributed by atoms with Crippen LogP contribution in [-0.2, 0) is 0 Å². The van der Waals surface area contributed by atoms with E-state index < -0.39 is 0 Å². The molecular formula is C18H21N7. The Kier molecular flexibility index (Phi) is 4.39. The third-order valence-corrected chi connectivity index (χ3v) is 4.61. The zero-order chi connectivity index (χ0) is 17.1. The van der Waals surface area contributed by atoms with E-state index in [-0.39, 0.29) is 0 Å². The van der Waals surface area contributed by atoms with Crippen molar-refractivity contribution < 1.29 is 0 Å². The molecule has 0 amide bonds. The van der Waals surface area contributed by atoms with Crippen LogP contribution in [0.2, 0.25) is 0 Å². The third-order valence-electron chi connectivity index (χ3n) is 4.61. The van der Waals surface area contributed by atoms with Crippen molar-refractivity contribution in [1.29, 1.82) is 0 Å². The van der Waals surface area contributed by atoms with Crippen molar-refractivity contribution >= 4 is 29.1 Å². The Balaban J connectivity index is 1.56. The van der Waals surface area contributed by atoms with E-state index in [1.54, 1.807) is 6.20 Å². The van der Waals surface area contributed by atoms with Crippen molar-refractivity contribution in [2.75, 3.05) is 25.0 Å². The fraction of sp³-hybridized carbons (Fsp3) is 0.333. The topological polar surface area (TPSA) is 82.6 Å². The molecule has 4 rings (SSSR count). The van der Waals surface area contributed by atoms with Gasteiger partial charge in [-0.25, -0.2) is 15.0 Å². The Morgan fingerprint density at radius 3 is 2.72 bits per heavy atom. The molecule has 0 spiro atoms. The van der Waals surface area contributed by atoms with Gasteiger partial charge < -0.3 is 10.2 Å². The first kappa shape index (κ1) is 15.7. The summed E-state index contributed by atoms with van der Waals surface area (Å²) in [5.74, 6) is 0.883. The molecule has 3 aromatic rings. The summed E-state index contributed by atoms with van der Waals surface area (Å²) in [5.41, 5.74) is 3.49. The highest BCUT2D eigenvalue weighted by molar-refractivity contribution is 5.77. The molecule has 4 heterocycles. The van der Waals surface area contributed by atoms with E-state index in [0.29, 0.717) is 11.7 Å². The molecule has 0 aliphatic carbocycles. The minimum absolute atomic E-state index is 0.505. The Bertz CT molecular complexity index is 866. The zero-order valence-electron chi connectivity index (χ0n) is 14.2. The number of nitrogens with one attached hydrogen (secondary N) is 2. The highest BCUT2D eigenvalue weighted by Gasteiger charge is 2.19. The van der Waals surface area contributed by atoms with Crippen LogP contribution in [0.3, 0.4) is 0 Å². The molecule has 7 heteroatoms. The molecule has 1 saturated heterocycles. The Morgan fingerprint density at radius 1 is 1.08 bits per heavy atom. The lowest BCUT2D eigenvalue weighted by molar-refractivity contribution is 0.441. The number of piperidine rings is 1. The molecule has 3 aromatic heterocycles. The van der Waals surface area contributed by atoms with Gasteiger partial charge in [-0.15, -0.1) is 0 Å². The molecule has 0 bridgehead atoms. The van der Waals surface area contributed by atoms with Gasteiger partial charge >= 0.3 is 0 Å². The van der Waals surface area contributed by atoms with Crippen LogP contribution in [-0.4, -0.2) is 51.3 Å². The second-order valence-electron chi connectivity index (χ2n) is 6.30. The molecule has 1 aliphatic heterocycles. The quantitative estimate of drug-likeness (QED) is 0.760. The Labute approximate surface area is 146 Å². The van der Waals surface area contributed by atoms with Crippen molar-refractivity contribution in [1.82, 2.24) is 30.5 Å². The van der Waals surface area contributed by atoms with Gasteiger partial charge in [-0.3, -0.25) is 5.10 Å². The maximum atomic E-state index is 4.69. The van der Waals surface area contributed by atoms with Gasteiger partial charge in [-0.1, -0.05) is 12.2 Å². The van der Waals surface area contributed by atoms with Crippen LogP contribution < -0.4 is 10.2 Å². The Morgan fingerprint density at radius 2 is 1.92 bits per heavy atom. The first-order chi connectivity index (χ1) is 12.3. The monoisotopic (exact) mass is 335 g/mol. The van der Waals surface area contributed by atoms with Crippen LogP contribution >= 0.6 is 0 Å². The number of pyridine rings is 1. The van der Waals surface area contributed by atoms with Gasteiger partial charge in [0.2, 0.25) is 0 Å². The molecule has 0 unspecified atom stereocenters. The van der Waals surface area contributed by atoms with Gasteiger partial charge in [-0.2, -0.15) is 5.10 Å². The van der Waals surface area contributed by atoms with Crippen molar-refractivity contribution in [3.8, 4) is 0 Å². The maximum absolute atomic E-state index is 4.69. The van der Waals surface area contributed by atoms with Gasteiger partial charge in [0.05, 0.1) is 12.4 Å². The molecule has 2 N–H and O–H groups in total. The summed E-state index contributed by atoms with van der Waals surface area (Å²) < 4.78 is 0. The summed E-state index contributed by atoms with van der Waals surface area (Å²) in [6.45, 7) is 2.11. The second-order valence-corrected chi connectivity index (χ2v) is 6.30. The predicted octanol–water partition coefficient (Wildman–Crippen LogP) is 2.11. The molecule has 0 aromatic carbocycles. The van der Waals surface area contributed by atoms with Crippen molar-refractivity contribution in [2.24, 2.45) is 0 Å². The third kappa shape index (κ3) is 3.51. The van der Waals surface area contributed by atoms with Gasteiger partial charge in [-0.05, 0) is 37.6 Å². The van der Waals surface area contributed by atoms with E-state index in [1.807, 2.05) is 36.8 Å². The van der Waals surface area contributed by atoms with Crippen molar-refractivity contribution in [3.05, 3.63) is 42.0 Å². The second kappa shape index (κ2) is 6.98. The number of H-pyrrole nitrogens is 1. The summed E-state index contributed by atoms with van der Waals surface area (Å²) in [4.78, 5) is 16.0. The van der Waals surface area contributed by atoms with Gasteiger partial charge in [0.1, 0.15) is 11.3 Å².